The van der Waals surface area contributed by atoms with E-state index in [1.165, 1.54) is 103 Å². The van der Waals surface area contributed by atoms with Gasteiger partial charge in [0.15, 0.2) is 0 Å². The Kier molecular flexibility index (Phi) is 28.8. The minimum absolute atomic E-state index is 0.0439. The Morgan fingerprint density at radius 2 is 0.531 bits per heavy atom. The number of hydrogen-bond acceptors (Lipinski definition) is 17. The van der Waals surface area contributed by atoms with Crippen LogP contribution >= 0.6 is 11.3 Å². The molecule has 500 valence electrons. The number of carboxylic acid groups (broad SMARTS) is 14. The summed E-state index contributed by atoms with van der Waals surface area (Å²) in [5.74, 6) is -16.9. The maximum Gasteiger partial charge on any atom is 0.345 e. The number of phenols is 2. The largest absolute Gasteiger partial charge is 0.507 e. The monoisotopic (exact) mass is 1350 g/mol. The average molecular weight is 1350 g/mol. The minimum Gasteiger partial charge on any atom is -0.507 e. The van der Waals surface area contributed by atoms with Crippen molar-refractivity contribution in [3.05, 3.63) is 223 Å². The Morgan fingerprint density at radius 1 is 0.281 bits per heavy atom. The molecule has 1 fully saturated rings. The molecular formula is C65H54O30S. The molecule has 1 aromatic heterocycles. The molecule has 7 aromatic carbocycles. The molecule has 0 radical (unpaired) electrons. The molecule has 1 saturated carbocycles. The van der Waals surface area contributed by atoms with E-state index in [0.717, 1.165) is 22.5 Å². The van der Waals surface area contributed by atoms with Gasteiger partial charge in [0.2, 0.25) is 0 Å². The molecule has 1 aliphatic carbocycles. The fourth-order valence-corrected chi connectivity index (χ4v) is 8.67. The molecule has 31 heteroatoms. The smallest absolute Gasteiger partial charge is 0.345 e. The predicted molar refractivity (Wildman–Crippen MR) is 332 cm³/mol. The standard InChI is InChI=1S/C14H10O4.C12H8O4.C9H8O4.C8H6O6.C8H12O4.C8H6O4.C6H4O4S/c15-13(16)11-5-1-9(2-6-11)10-3-7-12(8-4-10)14(17)18;13-11(14)9-3-1-7-5-10(12(15)16)4-2-8(7)6-9;1-5-4-6(8(10)11)2-3-7(5)9(12)13;9-5-1-3(7(11)12)6(10)2-4(5)8(13)14;2*9-7(10)5-1-2-6(4-3-5)8(11)12;7-5(8)3-1-2-4(11-3)6(9)10/h1-8H,(H,15,16)(H,17,18);1-6H,(H,13,14)(H,15,16);2-4H,1H3,(H,10,11)(H,12,13);1-2,9-10H,(H,11,12)(H,13,14);5-6H,1-4H2,(H,9,10)(H,11,12);1-4H,(H,9,10)(H,11,12);1-2H,(H,7,8)(H,9,10). The van der Waals surface area contributed by atoms with E-state index in [1.807, 2.05) is 0 Å². The van der Waals surface area contributed by atoms with Crippen LogP contribution in [0.1, 0.15) is 154 Å². The maximum atomic E-state index is 10.7. The normalized spacial score (nSPS) is 12.3. The van der Waals surface area contributed by atoms with E-state index in [2.05, 4.69) is 0 Å². The number of fused-ring (bicyclic) bond motifs is 1. The van der Waals surface area contributed by atoms with Gasteiger partial charge in [-0.25, -0.2) is 57.5 Å². The second kappa shape index (κ2) is 35.9. The van der Waals surface area contributed by atoms with Crippen molar-refractivity contribution >= 4 is 106 Å². The van der Waals surface area contributed by atoms with Crippen LogP contribution in [0.5, 0.6) is 11.5 Å². The Hall–Kier alpha value is -13.3. The lowest BCUT2D eigenvalue weighted by Crippen LogP contribution is -2.25. The summed E-state index contributed by atoms with van der Waals surface area (Å²) in [4.78, 5) is 147. The second-order valence-corrected chi connectivity index (χ2v) is 20.6. The molecule has 30 nitrogen and oxygen atoms in total. The van der Waals surface area contributed by atoms with Crippen molar-refractivity contribution in [1.82, 2.24) is 0 Å². The van der Waals surface area contributed by atoms with Crippen LogP contribution in [0.4, 0.5) is 0 Å². The van der Waals surface area contributed by atoms with Crippen molar-refractivity contribution in [2.75, 3.05) is 0 Å². The third kappa shape index (κ3) is 23.8. The first-order chi connectivity index (χ1) is 44.9. The van der Waals surface area contributed by atoms with Crippen LogP contribution < -0.4 is 0 Å². The highest BCUT2D eigenvalue weighted by Gasteiger charge is 2.29. The molecule has 1 heterocycles. The van der Waals surface area contributed by atoms with Crippen LogP contribution in [0.15, 0.2) is 152 Å². The summed E-state index contributed by atoms with van der Waals surface area (Å²) in [5, 5.41) is 140. The van der Waals surface area contributed by atoms with Gasteiger partial charge in [-0.2, -0.15) is 0 Å². The number of carboxylic acids is 14. The summed E-state index contributed by atoms with van der Waals surface area (Å²) in [6.45, 7) is 1.57. The fourth-order valence-electron chi connectivity index (χ4n) is 7.99. The van der Waals surface area contributed by atoms with Gasteiger partial charge in [0.1, 0.15) is 32.4 Å². The molecule has 1 aliphatic rings. The summed E-state index contributed by atoms with van der Waals surface area (Å²) in [6, 6.07) is 34.8. The zero-order chi connectivity index (χ0) is 72.4. The molecular weight excluding hydrogens is 1290 g/mol. The van der Waals surface area contributed by atoms with Crippen molar-refractivity contribution in [1.29, 1.82) is 0 Å². The Balaban J connectivity index is 0.000000294. The summed E-state index contributed by atoms with van der Waals surface area (Å²) in [7, 11) is 0. The van der Waals surface area contributed by atoms with Crippen LogP contribution in [-0.4, -0.2) is 165 Å². The molecule has 96 heavy (non-hydrogen) atoms. The number of rotatable bonds is 15. The van der Waals surface area contributed by atoms with Gasteiger partial charge in [0.05, 0.1) is 56.3 Å². The summed E-state index contributed by atoms with van der Waals surface area (Å²) >= 11 is 0.750. The average Bonchev–Trinajstić information content (AvgIpc) is 1.36. The summed E-state index contributed by atoms with van der Waals surface area (Å²) in [5.41, 5.74) is 2.27. The van der Waals surface area contributed by atoms with Crippen molar-refractivity contribution in [3.63, 3.8) is 0 Å². The molecule has 16 N–H and O–H groups in total. The summed E-state index contributed by atoms with van der Waals surface area (Å²) < 4.78 is 0. The number of aryl methyl sites for hydroxylation is 1. The number of aromatic hydroxyl groups is 2. The van der Waals surface area contributed by atoms with Crippen LogP contribution in [0, 0.1) is 18.8 Å². The molecule has 8 aromatic rings. The van der Waals surface area contributed by atoms with Crippen molar-refractivity contribution in [3.8, 4) is 22.6 Å². The molecule has 0 amide bonds. The highest BCUT2D eigenvalue weighted by molar-refractivity contribution is 7.15. The van der Waals surface area contributed by atoms with Gasteiger partial charge >= 0.3 is 83.6 Å². The lowest BCUT2D eigenvalue weighted by molar-refractivity contribution is -0.148. The van der Waals surface area contributed by atoms with E-state index in [1.54, 1.807) is 43.3 Å². The number of thiophene rings is 1. The quantitative estimate of drug-likeness (QED) is 0.0424. The predicted octanol–water partition coefficient (Wildman–Crippen LogP) is 10.1. The lowest BCUT2D eigenvalue weighted by atomic mass is 9.82. The maximum absolute atomic E-state index is 10.7. The van der Waals surface area contributed by atoms with Crippen molar-refractivity contribution < 1.29 is 149 Å². The first kappa shape index (κ1) is 76.9. The third-order valence-corrected chi connectivity index (χ3v) is 14.1. The summed E-state index contributed by atoms with van der Waals surface area (Å²) in [6.07, 6.45) is 2.03. The van der Waals surface area contributed by atoms with Gasteiger partial charge in [-0.05, 0) is 175 Å². The van der Waals surface area contributed by atoms with Crippen LogP contribution in [0.25, 0.3) is 21.9 Å². The zero-order valence-electron chi connectivity index (χ0n) is 49.2. The Labute approximate surface area is 542 Å². The van der Waals surface area contributed by atoms with Gasteiger partial charge < -0.3 is 81.7 Å². The second-order valence-electron chi connectivity index (χ2n) is 19.5. The van der Waals surface area contributed by atoms with Crippen molar-refractivity contribution in [2.45, 2.75) is 32.6 Å². The number of benzene rings is 7. The molecule has 0 unspecified atom stereocenters. The SMILES string of the molecule is Cc1cc(C(=O)O)ccc1C(=O)O.O=C(O)C1CCC(C(=O)O)CC1.O=C(O)c1cc(O)c(C(=O)O)cc1O.O=C(O)c1ccc(-c2ccc(C(=O)O)cc2)cc1.O=C(O)c1ccc(C(=O)O)cc1.O=C(O)c1ccc(C(=O)O)s1.O=C(O)c1ccc2cc(C(=O)O)ccc2c1. The molecule has 9 rings (SSSR count). The molecule has 0 atom stereocenters. The topological polar surface area (TPSA) is 563 Å². The van der Waals surface area contributed by atoms with Crippen LogP contribution in [-0.2, 0) is 9.59 Å². The van der Waals surface area contributed by atoms with Crippen molar-refractivity contribution in [2.24, 2.45) is 11.8 Å². The lowest BCUT2D eigenvalue weighted by Gasteiger charge is -2.22. The van der Waals surface area contributed by atoms with E-state index >= 15 is 0 Å². The fraction of sp³-hybridized carbons (Fsp3) is 0.108. The van der Waals surface area contributed by atoms with E-state index in [-0.39, 0.29) is 66.1 Å². The third-order valence-electron chi connectivity index (χ3n) is 13.0. The highest BCUT2D eigenvalue weighted by Crippen LogP contribution is 2.30. The first-order valence-electron chi connectivity index (χ1n) is 26.8. The molecule has 0 saturated heterocycles. The number of hydrogen-bond donors (Lipinski definition) is 16. The first-order valence-corrected chi connectivity index (χ1v) is 27.6. The molecule has 0 aliphatic heterocycles. The number of carbonyl (C=O) groups is 14. The van der Waals surface area contributed by atoms with Gasteiger partial charge in [-0.3, -0.25) is 9.59 Å². The van der Waals surface area contributed by atoms with E-state index in [0.29, 0.717) is 54.2 Å². The van der Waals surface area contributed by atoms with Gasteiger partial charge in [0, 0.05) is 0 Å². The Morgan fingerprint density at radius 3 is 0.760 bits per heavy atom. The Bertz CT molecular complexity index is 4020. The van der Waals surface area contributed by atoms with E-state index < -0.39 is 106 Å². The van der Waals surface area contributed by atoms with Gasteiger partial charge in [0.25, 0.3) is 0 Å². The zero-order valence-corrected chi connectivity index (χ0v) is 50.0. The minimum atomic E-state index is -1.45. The molecule has 0 bridgehead atoms. The van der Waals surface area contributed by atoms with Crippen LogP contribution in [0.3, 0.4) is 0 Å². The van der Waals surface area contributed by atoms with Gasteiger partial charge in [-0.15, -0.1) is 11.3 Å². The number of aliphatic carboxylic acids is 2. The van der Waals surface area contributed by atoms with E-state index in [4.69, 9.17) is 81.7 Å². The highest BCUT2D eigenvalue weighted by atomic mass is 32.1. The molecule has 0 spiro atoms. The van der Waals surface area contributed by atoms with E-state index in [9.17, 15) is 67.1 Å². The van der Waals surface area contributed by atoms with Gasteiger partial charge in [-0.1, -0.05) is 36.4 Å². The number of aromatic carboxylic acids is 12. The van der Waals surface area contributed by atoms with Crippen LogP contribution in [0.2, 0.25) is 0 Å².